The van der Waals surface area contributed by atoms with E-state index in [2.05, 4.69) is 5.32 Å². The Bertz CT molecular complexity index is 481. The normalized spacial score (nSPS) is 11.6. The Kier molecular flexibility index (Phi) is 4.87. The Morgan fingerprint density at radius 3 is 2.16 bits per heavy atom. The molecule has 1 rings (SSSR count). The van der Waals surface area contributed by atoms with Gasteiger partial charge in [-0.25, -0.2) is 4.79 Å². The molecule has 0 saturated carbocycles. The average Bonchev–Trinajstić information content (AvgIpc) is 2.34. The van der Waals surface area contributed by atoms with Crippen LogP contribution in [-0.2, 0) is 9.59 Å². The summed E-state index contributed by atoms with van der Waals surface area (Å²) in [6, 6.07) is 3.99. The number of hydrogen-bond donors (Lipinski definition) is 4. The highest BCUT2D eigenvalue weighted by Crippen LogP contribution is 2.10. The van der Waals surface area contributed by atoms with Gasteiger partial charge in [0.15, 0.2) is 0 Å². The third kappa shape index (κ3) is 4.66. The van der Waals surface area contributed by atoms with E-state index in [9.17, 15) is 14.4 Å². The lowest BCUT2D eigenvalue weighted by Crippen LogP contribution is -2.41. The van der Waals surface area contributed by atoms with Crippen LogP contribution >= 0.6 is 0 Å². The first-order chi connectivity index (χ1) is 8.90. The van der Waals surface area contributed by atoms with Crippen molar-refractivity contribution >= 4 is 17.8 Å². The number of benzene rings is 1. The lowest BCUT2D eigenvalue weighted by Gasteiger charge is -2.13. The van der Waals surface area contributed by atoms with Gasteiger partial charge in [0, 0.05) is 12.0 Å². The number of carbonyl (C=O) groups excluding carboxylic acids is 1. The number of aliphatic carboxylic acids is 2. The number of nitrogens with one attached hydrogen (secondary N) is 1. The Morgan fingerprint density at radius 2 is 1.68 bits per heavy atom. The molecule has 0 aliphatic heterocycles. The van der Waals surface area contributed by atoms with Crippen molar-refractivity contribution in [3.05, 3.63) is 29.8 Å². The summed E-state index contributed by atoms with van der Waals surface area (Å²) in [4.78, 5) is 33.0. The molecule has 0 bridgehead atoms. The molecule has 102 valence electrons. The maximum Gasteiger partial charge on any atom is 0.326 e. The number of carbonyl (C=O) groups is 3. The lowest BCUT2D eigenvalue weighted by molar-refractivity contribution is -0.140. The zero-order valence-electron chi connectivity index (χ0n) is 9.87. The van der Waals surface area contributed by atoms with Crippen molar-refractivity contribution in [2.24, 2.45) is 0 Å². The minimum atomic E-state index is -1.30. The van der Waals surface area contributed by atoms with Gasteiger partial charge in [-0.3, -0.25) is 9.59 Å². The van der Waals surface area contributed by atoms with Crippen molar-refractivity contribution in [3.63, 3.8) is 0 Å². The van der Waals surface area contributed by atoms with Crippen molar-refractivity contribution in [3.8, 4) is 5.75 Å². The highest BCUT2D eigenvalue weighted by atomic mass is 16.4. The molecule has 0 aromatic heterocycles. The van der Waals surface area contributed by atoms with E-state index >= 15 is 0 Å². The van der Waals surface area contributed by atoms with Crippen LogP contribution in [0.15, 0.2) is 24.3 Å². The summed E-state index contributed by atoms with van der Waals surface area (Å²) in [7, 11) is 0. The second-order valence-corrected chi connectivity index (χ2v) is 3.84. The molecule has 19 heavy (non-hydrogen) atoms. The van der Waals surface area contributed by atoms with Gasteiger partial charge in [-0.1, -0.05) is 0 Å². The topological polar surface area (TPSA) is 124 Å². The molecule has 1 unspecified atom stereocenters. The van der Waals surface area contributed by atoms with Crippen LogP contribution in [0.4, 0.5) is 0 Å². The molecule has 0 fully saturated rings. The Hall–Kier alpha value is -2.57. The van der Waals surface area contributed by atoms with Crippen LogP contribution in [0.5, 0.6) is 5.75 Å². The summed E-state index contributed by atoms with van der Waals surface area (Å²) in [5.74, 6) is -3.09. The lowest BCUT2D eigenvalue weighted by atomic mass is 10.1. The summed E-state index contributed by atoms with van der Waals surface area (Å²) >= 11 is 0. The fourth-order valence-corrected chi connectivity index (χ4v) is 1.38. The molecule has 1 atom stereocenters. The van der Waals surface area contributed by atoms with E-state index in [1.54, 1.807) is 0 Å². The number of phenolic OH excluding ortho intramolecular Hbond substituents is 1. The van der Waals surface area contributed by atoms with Crippen molar-refractivity contribution in [2.75, 3.05) is 0 Å². The van der Waals surface area contributed by atoms with Crippen LogP contribution in [0.2, 0.25) is 0 Å². The van der Waals surface area contributed by atoms with E-state index in [1.807, 2.05) is 0 Å². The van der Waals surface area contributed by atoms with E-state index in [1.165, 1.54) is 24.3 Å². The molecular weight excluding hydrogens is 254 g/mol. The first-order valence-corrected chi connectivity index (χ1v) is 5.44. The van der Waals surface area contributed by atoms with Crippen LogP contribution in [-0.4, -0.2) is 39.2 Å². The molecule has 1 aromatic rings. The van der Waals surface area contributed by atoms with E-state index in [0.29, 0.717) is 0 Å². The number of hydrogen-bond acceptors (Lipinski definition) is 4. The maximum atomic E-state index is 11.7. The number of carboxylic acid groups (broad SMARTS) is 2. The predicted molar refractivity (Wildman–Crippen MR) is 63.9 cm³/mol. The van der Waals surface area contributed by atoms with Gasteiger partial charge in [-0.2, -0.15) is 0 Å². The molecule has 7 nitrogen and oxygen atoms in total. The number of carboxylic acids is 2. The number of rotatable bonds is 6. The fraction of sp³-hybridized carbons (Fsp3) is 0.250. The maximum absolute atomic E-state index is 11.7. The zero-order chi connectivity index (χ0) is 14.4. The minimum Gasteiger partial charge on any atom is -0.508 e. The highest BCUT2D eigenvalue weighted by molar-refractivity contribution is 5.96. The number of aromatic hydroxyl groups is 1. The van der Waals surface area contributed by atoms with Gasteiger partial charge < -0.3 is 20.6 Å². The summed E-state index contributed by atoms with van der Waals surface area (Å²) < 4.78 is 0. The van der Waals surface area contributed by atoms with Gasteiger partial charge in [-0.05, 0) is 30.7 Å². The smallest absolute Gasteiger partial charge is 0.326 e. The van der Waals surface area contributed by atoms with Gasteiger partial charge in [-0.15, -0.1) is 0 Å². The van der Waals surface area contributed by atoms with Crippen LogP contribution in [0.25, 0.3) is 0 Å². The molecular formula is C12H13NO6. The molecule has 1 aromatic carbocycles. The summed E-state index contributed by atoms with van der Waals surface area (Å²) in [6.45, 7) is 0. The largest absolute Gasteiger partial charge is 0.508 e. The van der Waals surface area contributed by atoms with Crippen molar-refractivity contribution in [1.29, 1.82) is 0 Å². The highest BCUT2D eigenvalue weighted by Gasteiger charge is 2.21. The quantitative estimate of drug-likeness (QED) is 0.593. The summed E-state index contributed by atoms with van der Waals surface area (Å²) in [6.07, 6.45) is -0.554. The molecule has 4 N–H and O–H groups in total. The second-order valence-electron chi connectivity index (χ2n) is 3.84. The summed E-state index contributed by atoms with van der Waals surface area (Å²) in [5, 5.41) is 28.7. The Labute approximate surface area is 108 Å². The molecule has 0 aliphatic carbocycles. The van der Waals surface area contributed by atoms with E-state index < -0.39 is 23.9 Å². The first kappa shape index (κ1) is 14.5. The molecule has 0 spiro atoms. The van der Waals surface area contributed by atoms with Crippen molar-refractivity contribution in [1.82, 2.24) is 5.32 Å². The first-order valence-electron chi connectivity index (χ1n) is 5.44. The second kappa shape index (κ2) is 6.39. The minimum absolute atomic E-state index is 0.0165. The van der Waals surface area contributed by atoms with Crippen molar-refractivity contribution in [2.45, 2.75) is 18.9 Å². The summed E-state index contributed by atoms with van der Waals surface area (Å²) in [5.41, 5.74) is 0.180. The zero-order valence-corrected chi connectivity index (χ0v) is 9.87. The van der Waals surface area contributed by atoms with Crippen molar-refractivity contribution < 1.29 is 29.7 Å². The van der Waals surface area contributed by atoms with Gasteiger partial charge in [0.05, 0.1) is 0 Å². The van der Waals surface area contributed by atoms with E-state index in [4.69, 9.17) is 15.3 Å². The molecule has 0 radical (unpaired) electrons. The third-order valence-corrected chi connectivity index (χ3v) is 2.38. The Morgan fingerprint density at radius 1 is 1.11 bits per heavy atom. The van der Waals surface area contributed by atoms with E-state index in [-0.39, 0.29) is 24.2 Å². The van der Waals surface area contributed by atoms with Gasteiger partial charge in [0.1, 0.15) is 11.8 Å². The monoisotopic (exact) mass is 267 g/mol. The van der Waals surface area contributed by atoms with E-state index in [0.717, 1.165) is 0 Å². The molecule has 0 heterocycles. The van der Waals surface area contributed by atoms with Crippen LogP contribution in [0.3, 0.4) is 0 Å². The number of amides is 1. The van der Waals surface area contributed by atoms with Crippen LogP contribution in [0, 0.1) is 0 Å². The van der Waals surface area contributed by atoms with Gasteiger partial charge in [0.2, 0.25) is 0 Å². The molecule has 7 heteroatoms. The fourth-order valence-electron chi connectivity index (χ4n) is 1.38. The third-order valence-electron chi connectivity index (χ3n) is 2.38. The molecule has 0 aliphatic rings. The van der Waals surface area contributed by atoms with Gasteiger partial charge >= 0.3 is 11.9 Å². The standard InChI is InChI=1S/C12H13NO6/c14-8-3-1-7(2-4-8)11(17)13-9(12(18)19)5-6-10(15)16/h1-4,9,14H,5-6H2,(H,13,17)(H,15,16)(H,18,19). The van der Waals surface area contributed by atoms with Crippen LogP contribution < -0.4 is 5.32 Å². The predicted octanol–water partition coefficient (Wildman–Crippen LogP) is 0.440. The average molecular weight is 267 g/mol. The van der Waals surface area contributed by atoms with Gasteiger partial charge in [0.25, 0.3) is 5.91 Å². The number of phenols is 1. The van der Waals surface area contributed by atoms with Crippen LogP contribution in [0.1, 0.15) is 23.2 Å². The molecule has 0 saturated heterocycles. The molecule has 1 amide bonds. The SMILES string of the molecule is O=C(O)CCC(NC(=O)c1ccc(O)cc1)C(=O)O. The Balaban J connectivity index is 2.68.